The highest BCUT2D eigenvalue weighted by atomic mass is 35.5. The minimum absolute atomic E-state index is 0.0215. The summed E-state index contributed by atoms with van der Waals surface area (Å²) in [5.41, 5.74) is 0.372. The van der Waals surface area contributed by atoms with Crippen LogP contribution < -0.4 is 15.4 Å². The fourth-order valence-electron chi connectivity index (χ4n) is 4.83. The Labute approximate surface area is 196 Å². The summed E-state index contributed by atoms with van der Waals surface area (Å²) in [6.07, 6.45) is 3.31. The van der Waals surface area contributed by atoms with Crippen LogP contribution in [-0.2, 0) is 16.1 Å². The molecule has 2 amide bonds. The number of aryl methyl sites for hydroxylation is 1. The van der Waals surface area contributed by atoms with Crippen molar-refractivity contribution in [1.82, 2.24) is 15.6 Å². The molecule has 3 aliphatic carbocycles. The van der Waals surface area contributed by atoms with Gasteiger partial charge in [0.05, 0.1) is 28.8 Å². The number of amides is 2. The van der Waals surface area contributed by atoms with Crippen LogP contribution in [0, 0.1) is 18.2 Å². The highest BCUT2D eigenvalue weighted by Crippen LogP contribution is 2.52. The quantitative estimate of drug-likeness (QED) is 0.571. The van der Waals surface area contributed by atoms with Crippen molar-refractivity contribution in [3.8, 4) is 5.75 Å². The van der Waals surface area contributed by atoms with Gasteiger partial charge in [-0.2, -0.15) is 0 Å². The first kappa shape index (κ1) is 23.4. The highest BCUT2D eigenvalue weighted by molar-refractivity contribution is 6.30. The lowest BCUT2D eigenvalue weighted by Gasteiger charge is -2.55. The number of carbonyl (C=O) groups is 2. The number of nitrogens with one attached hydrogen (secondary N) is 2. The second-order valence-electron chi connectivity index (χ2n) is 9.08. The fourth-order valence-corrected chi connectivity index (χ4v) is 4.95. The number of ether oxygens (including phenoxy) is 1. The second-order valence-corrected chi connectivity index (χ2v) is 9.49. The zero-order valence-corrected chi connectivity index (χ0v) is 19.1. The van der Waals surface area contributed by atoms with Crippen LogP contribution in [-0.4, -0.2) is 40.2 Å². The molecule has 9 heteroatoms. The predicted octanol–water partition coefficient (Wildman–Crippen LogP) is 3.06. The topological polar surface area (TPSA) is 101 Å². The van der Waals surface area contributed by atoms with E-state index in [1.165, 1.54) is 12.1 Å². The van der Waals surface area contributed by atoms with Gasteiger partial charge < -0.3 is 20.5 Å². The van der Waals surface area contributed by atoms with Gasteiger partial charge in [0.2, 0.25) is 5.91 Å². The second kappa shape index (κ2) is 9.27. The molecular formula is C24H27ClFN3O4. The molecule has 0 radical (unpaired) electrons. The average Bonchev–Trinajstić information content (AvgIpc) is 2.80. The molecule has 0 saturated heterocycles. The van der Waals surface area contributed by atoms with Crippen LogP contribution in [0.5, 0.6) is 5.75 Å². The van der Waals surface area contributed by atoms with Gasteiger partial charge in [0, 0.05) is 17.8 Å². The van der Waals surface area contributed by atoms with Crippen molar-refractivity contribution in [1.29, 1.82) is 0 Å². The Morgan fingerprint density at radius 1 is 1.24 bits per heavy atom. The number of fused-ring (bicyclic) bond motifs is 3. The van der Waals surface area contributed by atoms with E-state index in [0.29, 0.717) is 38.6 Å². The Kier molecular flexibility index (Phi) is 6.59. The maximum absolute atomic E-state index is 13.5. The van der Waals surface area contributed by atoms with Crippen LogP contribution in [0.25, 0.3) is 0 Å². The number of nitrogens with zero attached hydrogens (tertiary/aromatic N) is 1. The first-order valence-electron chi connectivity index (χ1n) is 11.0. The van der Waals surface area contributed by atoms with E-state index in [9.17, 15) is 19.1 Å². The molecule has 7 nitrogen and oxygen atoms in total. The average molecular weight is 476 g/mol. The minimum atomic E-state index is -0.863. The van der Waals surface area contributed by atoms with E-state index in [1.807, 2.05) is 19.1 Å². The van der Waals surface area contributed by atoms with Crippen molar-refractivity contribution in [3.05, 3.63) is 58.6 Å². The number of benzene rings is 1. The van der Waals surface area contributed by atoms with E-state index in [2.05, 4.69) is 15.6 Å². The molecule has 5 rings (SSSR count). The van der Waals surface area contributed by atoms with E-state index in [4.69, 9.17) is 16.3 Å². The number of hydrogen-bond acceptors (Lipinski definition) is 5. The minimum Gasteiger partial charge on any atom is -0.484 e. The van der Waals surface area contributed by atoms with E-state index < -0.39 is 22.9 Å². The van der Waals surface area contributed by atoms with E-state index in [1.54, 1.807) is 6.20 Å². The maximum atomic E-state index is 13.5. The molecular weight excluding hydrogens is 449 g/mol. The van der Waals surface area contributed by atoms with Gasteiger partial charge in [-0.05, 0) is 62.8 Å². The summed E-state index contributed by atoms with van der Waals surface area (Å²) in [6, 6.07) is 7.78. The van der Waals surface area contributed by atoms with Gasteiger partial charge in [0.15, 0.2) is 6.61 Å². The summed E-state index contributed by atoms with van der Waals surface area (Å²) in [5, 5.41) is 16.8. The molecule has 3 aliphatic rings. The molecule has 176 valence electrons. The molecule has 1 atom stereocenters. The molecule has 3 saturated carbocycles. The highest BCUT2D eigenvalue weighted by Gasteiger charge is 2.58. The van der Waals surface area contributed by atoms with Crippen LogP contribution in [0.4, 0.5) is 4.39 Å². The van der Waals surface area contributed by atoms with Gasteiger partial charge in [-0.3, -0.25) is 14.6 Å². The maximum Gasteiger partial charge on any atom is 0.258 e. The molecule has 1 aromatic carbocycles. The summed E-state index contributed by atoms with van der Waals surface area (Å²) < 4.78 is 18.9. The monoisotopic (exact) mass is 475 g/mol. The van der Waals surface area contributed by atoms with Gasteiger partial charge in [-0.1, -0.05) is 17.7 Å². The lowest BCUT2D eigenvalue weighted by atomic mass is 9.55. The normalized spacial score (nSPS) is 26.0. The third kappa shape index (κ3) is 4.96. The SMILES string of the molecule is Cc1ccc(CNC(=O)C23CCC(NC(=O)COc4ccc(Cl)c(F)c4)(CC2)C[C@@H]3O)nc1. The smallest absolute Gasteiger partial charge is 0.258 e. The Hall–Kier alpha value is -2.71. The molecule has 2 bridgehead atoms. The largest absolute Gasteiger partial charge is 0.484 e. The summed E-state index contributed by atoms with van der Waals surface area (Å²) >= 11 is 5.65. The summed E-state index contributed by atoms with van der Waals surface area (Å²) in [5.74, 6) is -0.953. The van der Waals surface area contributed by atoms with Gasteiger partial charge in [-0.15, -0.1) is 0 Å². The van der Waals surface area contributed by atoms with Crippen LogP contribution in [0.1, 0.15) is 43.4 Å². The molecule has 0 unspecified atom stereocenters. The third-order valence-electron chi connectivity index (χ3n) is 6.84. The number of carbonyl (C=O) groups excluding carboxylic acids is 2. The van der Waals surface area contributed by atoms with Crippen molar-refractivity contribution >= 4 is 23.4 Å². The molecule has 0 spiro atoms. The van der Waals surface area contributed by atoms with Crippen molar-refractivity contribution < 1.29 is 23.8 Å². The predicted molar refractivity (Wildman–Crippen MR) is 120 cm³/mol. The van der Waals surface area contributed by atoms with Crippen LogP contribution in [0.2, 0.25) is 5.02 Å². The molecule has 1 aromatic heterocycles. The Morgan fingerprint density at radius 2 is 2.00 bits per heavy atom. The van der Waals surface area contributed by atoms with E-state index in [-0.39, 0.29) is 29.2 Å². The first-order chi connectivity index (χ1) is 15.7. The van der Waals surface area contributed by atoms with Crippen LogP contribution in [0.15, 0.2) is 36.5 Å². The Morgan fingerprint density at radius 3 is 2.64 bits per heavy atom. The molecule has 0 aliphatic heterocycles. The third-order valence-corrected chi connectivity index (χ3v) is 7.15. The van der Waals surface area contributed by atoms with Gasteiger partial charge in [0.25, 0.3) is 5.91 Å². The number of rotatable bonds is 7. The molecule has 33 heavy (non-hydrogen) atoms. The lowest BCUT2D eigenvalue weighted by Crippen LogP contribution is -2.65. The number of aromatic nitrogens is 1. The zero-order valence-electron chi connectivity index (χ0n) is 18.4. The van der Waals surface area contributed by atoms with Gasteiger partial charge in [-0.25, -0.2) is 4.39 Å². The molecule has 3 fully saturated rings. The summed E-state index contributed by atoms with van der Waals surface area (Å²) in [6.45, 7) is 1.97. The summed E-state index contributed by atoms with van der Waals surface area (Å²) in [4.78, 5) is 29.8. The molecule has 2 aromatic rings. The van der Waals surface area contributed by atoms with E-state index in [0.717, 1.165) is 17.3 Å². The first-order valence-corrected chi connectivity index (χ1v) is 11.4. The molecule has 1 heterocycles. The van der Waals surface area contributed by atoms with Crippen molar-refractivity contribution in [2.45, 2.75) is 57.2 Å². The number of halogens is 2. The number of aliphatic hydroxyl groups excluding tert-OH is 1. The van der Waals surface area contributed by atoms with Crippen LogP contribution in [0.3, 0.4) is 0 Å². The van der Waals surface area contributed by atoms with Crippen molar-refractivity contribution in [2.24, 2.45) is 5.41 Å². The van der Waals surface area contributed by atoms with Crippen molar-refractivity contribution in [2.75, 3.05) is 6.61 Å². The number of pyridine rings is 1. The number of hydrogen-bond donors (Lipinski definition) is 3. The summed E-state index contributed by atoms with van der Waals surface area (Å²) in [7, 11) is 0. The van der Waals surface area contributed by atoms with Crippen molar-refractivity contribution in [3.63, 3.8) is 0 Å². The van der Waals surface area contributed by atoms with E-state index >= 15 is 0 Å². The van der Waals surface area contributed by atoms with Crippen LogP contribution >= 0.6 is 11.6 Å². The standard InChI is InChI=1S/C24H27ClFN3O4/c1-15-2-3-16(27-12-15)13-28-22(32)24-8-6-23(7-9-24,11-20(24)30)29-21(31)14-33-17-4-5-18(25)19(26)10-17/h2-5,10,12,20,30H,6-9,11,13-14H2,1H3,(H,28,32)(H,29,31)/t20-,23?,24?/m0/s1. The Bertz CT molecular complexity index is 1040. The Balaban J connectivity index is 1.31. The molecule has 3 N–H and O–H groups in total. The van der Waals surface area contributed by atoms with Gasteiger partial charge in [0.1, 0.15) is 11.6 Å². The zero-order chi connectivity index (χ0) is 23.6. The lowest BCUT2D eigenvalue weighted by molar-refractivity contribution is -0.156. The fraction of sp³-hybridized carbons (Fsp3) is 0.458. The number of aliphatic hydroxyl groups is 1. The van der Waals surface area contributed by atoms with Gasteiger partial charge >= 0.3 is 0 Å².